The minimum Gasteiger partial charge on any atom is -0.457 e. The average Bonchev–Trinajstić information content (AvgIpc) is 2.68. The van der Waals surface area contributed by atoms with Crippen LogP contribution in [0.4, 0.5) is 8.78 Å². The molecule has 2 aromatic carbocycles. The quantitative estimate of drug-likeness (QED) is 0.902. The Morgan fingerprint density at radius 2 is 1.80 bits per heavy atom. The van der Waals surface area contributed by atoms with Gasteiger partial charge in [-0.25, -0.2) is 17.2 Å². The van der Waals surface area contributed by atoms with Crippen LogP contribution in [0.5, 0.6) is 11.5 Å². The van der Waals surface area contributed by atoms with Gasteiger partial charge in [0.05, 0.1) is 4.90 Å². The molecule has 3 rings (SSSR count). The van der Waals surface area contributed by atoms with Crippen molar-refractivity contribution in [3.63, 3.8) is 0 Å². The van der Waals surface area contributed by atoms with E-state index in [-0.39, 0.29) is 28.4 Å². The highest BCUT2D eigenvalue weighted by Gasteiger charge is 2.51. The summed E-state index contributed by atoms with van der Waals surface area (Å²) in [5.41, 5.74) is -1.10. The number of nitrogens with zero attached hydrogens (tertiary/aromatic N) is 1. The summed E-state index contributed by atoms with van der Waals surface area (Å²) in [5.74, 6) is -1.43. The largest absolute Gasteiger partial charge is 0.457 e. The van der Waals surface area contributed by atoms with Crippen molar-refractivity contribution in [2.24, 2.45) is 0 Å². The molecular formula is C17H17F2NO4S. The minimum atomic E-state index is -3.82. The maximum absolute atomic E-state index is 13.3. The third-order valence-corrected chi connectivity index (χ3v) is 6.41. The lowest BCUT2D eigenvalue weighted by molar-refractivity contribution is -0.0544. The van der Waals surface area contributed by atoms with Gasteiger partial charge in [-0.1, -0.05) is 6.92 Å². The SMILES string of the molecule is CCC1(O)c2c(ccc(Oc3cc(F)cc(F)c3)c2C)S(=O)(=O)N1C. The molecule has 0 aromatic heterocycles. The first-order valence-corrected chi connectivity index (χ1v) is 9.04. The number of hydrogen-bond donors (Lipinski definition) is 1. The lowest BCUT2D eigenvalue weighted by Gasteiger charge is -2.29. The summed E-state index contributed by atoms with van der Waals surface area (Å²) in [6, 6.07) is 5.49. The molecule has 134 valence electrons. The van der Waals surface area contributed by atoms with Crippen LogP contribution in [0.15, 0.2) is 35.2 Å². The Morgan fingerprint density at radius 3 is 2.36 bits per heavy atom. The van der Waals surface area contributed by atoms with Crippen LogP contribution in [0.2, 0.25) is 0 Å². The topological polar surface area (TPSA) is 66.8 Å². The molecule has 25 heavy (non-hydrogen) atoms. The van der Waals surface area contributed by atoms with Crippen molar-refractivity contribution in [3.8, 4) is 11.5 Å². The molecule has 8 heteroatoms. The number of sulfonamides is 1. The van der Waals surface area contributed by atoms with E-state index in [1.165, 1.54) is 19.2 Å². The number of aliphatic hydroxyl groups is 1. The van der Waals surface area contributed by atoms with E-state index in [9.17, 15) is 22.3 Å². The van der Waals surface area contributed by atoms with Crippen LogP contribution in [-0.2, 0) is 15.7 Å². The molecule has 0 saturated heterocycles. The van der Waals surface area contributed by atoms with E-state index in [4.69, 9.17) is 4.74 Å². The van der Waals surface area contributed by atoms with Crippen molar-refractivity contribution in [1.82, 2.24) is 4.31 Å². The summed E-state index contributed by atoms with van der Waals surface area (Å²) >= 11 is 0. The second-order valence-corrected chi connectivity index (χ2v) is 7.85. The first-order valence-electron chi connectivity index (χ1n) is 7.60. The minimum absolute atomic E-state index is 0.00498. The van der Waals surface area contributed by atoms with Crippen LogP contribution < -0.4 is 4.74 Å². The van der Waals surface area contributed by atoms with Crippen LogP contribution in [0, 0.1) is 18.6 Å². The van der Waals surface area contributed by atoms with Gasteiger partial charge in [0, 0.05) is 36.4 Å². The molecule has 1 heterocycles. The third-order valence-electron chi connectivity index (χ3n) is 4.49. The fourth-order valence-corrected chi connectivity index (χ4v) is 4.84. The first kappa shape index (κ1) is 17.8. The number of benzene rings is 2. The van der Waals surface area contributed by atoms with Gasteiger partial charge in [-0.05, 0) is 25.5 Å². The van der Waals surface area contributed by atoms with Gasteiger partial charge < -0.3 is 9.84 Å². The summed E-state index contributed by atoms with van der Waals surface area (Å²) in [7, 11) is -2.52. The molecule has 1 unspecified atom stereocenters. The molecule has 0 amide bonds. The van der Waals surface area contributed by atoms with Gasteiger partial charge in [0.25, 0.3) is 0 Å². The molecule has 0 saturated carbocycles. The molecule has 0 bridgehead atoms. The van der Waals surface area contributed by atoms with Crippen LogP contribution in [-0.4, -0.2) is 24.9 Å². The highest BCUT2D eigenvalue weighted by Crippen LogP contribution is 2.47. The number of hydrogen-bond acceptors (Lipinski definition) is 4. The number of rotatable bonds is 3. The maximum atomic E-state index is 13.3. The molecule has 1 aliphatic rings. The molecular weight excluding hydrogens is 352 g/mol. The van der Waals surface area contributed by atoms with E-state index >= 15 is 0 Å². The standard InChI is InChI=1S/C17H17F2NO4S/c1-4-17(21)16-10(2)14(5-6-15(16)25(22,23)20(17)3)24-13-8-11(18)7-12(19)9-13/h5-9,21H,4H2,1-3H3. The van der Waals surface area contributed by atoms with Crippen LogP contribution in [0.3, 0.4) is 0 Å². The van der Waals surface area contributed by atoms with Crippen molar-refractivity contribution in [2.45, 2.75) is 30.9 Å². The summed E-state index contributed by atoms with van der Waals surface area (Å²) in [6.45, 7) is 3.26. The van der Waals surface area contributed by atoms with Crippen molar-refractivity contribution in [3.05, 3.63) is 53.1 Å². The van der Waals surface area contributed by atoms with E-state index < -0.39 is 27.4 Å². The smallest absolute Gasteiger partial charge is 0.245 e. The average molecular weight is 369 g/mol. The lowest BCUT2D eigenvalue weighted by atomic mass is 9.95. The van der Waals surface area contributed by atoms with Gasteiger partial charge in [0.15, 0.2) is 5.72 Å². The molecule has 0 spiro atoms. The van der Waals surface area contributed by atoms with Crippen molar-refractivity contribution < 1.29 is 27.0 Å². The molecule has 0 radical (unpaired) electrons. The van der Waals surface area contributed by atoms with Crippen molar-refractivity contribution >= 4 is 10.0 Å². The molecule has 1 aliphatic heterocycles. The highest BCUT2D eigenvalue weighted by atomic mass is 32.2. The molecule has 1 N–H and O–H groups in total. The van der Waals surface area contributed by atoms with E-state index in [2.05, 4.69) is 0 Å². The van der Waals surface area contributed by atoms with E-state index in [0.29, 0.717) is 5.56 Å². The fourth-order valence-electron chi connectivity index (χ4n) is 3.11. The zero-order valence-corrected chi connectivity index (χ0v) is 14.7. The van der Waals surface area contributed by atoms with Gasteiger partial charge in [-0.15, -0.1) is 0 Å². The second kappa shape index (κ2) is 5.76. The van der Waals surface area contributed by atoms with E-state index in [0.717, 1.165) is 22.5 Å². The van der Waals surface area contributed by atoms with Gasteiger partial charge in [0.1, 0.15) is 23.1 Å². The Hall–Kier alpha value is -2.03. The molecule has 5 nitrogen and oxygen atoms in total. The van der Waals surface area contributed by atoms with Gasteiger partial charge >= 0.3 is 0 Å². The predicted octanol–water partition coefficient (Wildman–Crippen LogP) is 3.25. The van der Waals surface area contributed by atoms with E-state index in [1.807, 2.05) is 0 Å². The molecule has 0 fully saturated rings. The van der Waals surface area contributed by atoms with Gasteiger partial charge in [0.2, 0.25) is 10.0 Å². The van der Waals surface area contributed by atoms with Crippen molar-refractivity contribution in [1.29, 1.82) is 0 Å². The summed E-state index contributed by atoms with van der Waals surface area (Å²) in [4.78, 5) is -0.00498. The first-order chi connectivity index (χ1) is 11.6. The Morgan fingerprint density at radius 1 is 1.20 bits per heavy atom. The Labute approximate surface area is 144 Å². The summed E-state index contributed by atoms with van der Waals surface area (Å²) in [6.07, 6.45) is 0.134. The second-order valence-electron chi connectivity index (χ2n) is 5.91. The molecule has 1 atom stereocenters. The molecule has 0 aliphatic carbocycles. The Kier molecular flexibility index (Phi) is 4.09. The zero-order valence-electron chi connectivity index (χ0n) is 13.9. The third kappa shape index (κ3) is 2.61. The van der Waals surface area contributed by atoms with Gasteiger partial charge in [-0.2, -0.15) is 4.31 Å². The predicted molar refractivity (Wildman–Crippen MR) is 86.7 cm³/mol. The van der Waals surface area contributed by atoms with Crippen LogP contribution in [0.25, 0.3) is 0 Å². The lowest BCUT2D eigenvalue weighted by Crippen LogP contribution is -2.40. The fraction of sp³-hybridized carbons (Fsp3) is 0.294. The monoisotopic (exact) mass is 369 g/mol. The van der Waals surface area contributed by atoms with Gasteiger partial charge in [-0.3, -0.25) is 0 Å². The van der Waals surface area contributed by atoms with Crippen molar-refractivity contribution in [2.75, 3.05) is 7.05 Å². The number of fused-ring (bicyclic) bond motifs is 1. The Bertz CT molecular complexity index is 941. The normalized spacial score (nSPS) is 22.0. The van der Waals surface area contributed by atoms with Crippen LogP contribution in [0.1, 0.15) is 24.5 Å². The maximum Gasteiger partial charge on any atom is 0.245 e. The molecule has 2 aromatic rings. The summed E-state index contributed by atoms with van der Waals surface area (Å²) in [5, 5.41) is 10.9. The number of ether oxygens (including phenoxy) is 1. The highest BCUT2D eigenvalue weighted by molar-refractivity contribution is 7.89. The van der Waals surface area contributed by atoms with Crippen LogP contribution >= 0.6 is 0 Å². The summed E-state index contributed by atoms with van der Waals surface area (Å²) < 4.78 is 58.1. The number of halogens is 2. The van der Waals surface area contributed by atoms with E-state index in [1.54, 1.807) is 13.8 Å². The Balaban J connectivity index is 2.15. The zero-order chi connectivity index (χ0) is 18.6.